The number of likely N-dealkylation sites (tertiary alicyclic amines) is 2. The number of carboxylic acid groups (broad SMARTS) is 1. The molecule has 2 atom stereocenters. The lowest BCUT2D eigenvalue weighted by Crippen LogP contribution is -2.67. The standard InChI is InChI=1S/C35H42Cl2N4O6/c1-39-21-27(26-7-3-4-8-31(26)39)33(43)38-30-19-28(36)23(17-29(30)37)18-32(42)35(40-14-5-6-15-40,41-16-13-25(20-41)46-2)47-24-11-9-22(10-12-24)34(44)45/h3-4,7-8,17,19,21-22,24-25H,5-6,9-16,18,20H2,1-2H3,(H,38,43)(H,44,45)/t22-,24-,25-,35?/m1/s1. The number of anilines is 1. The van der Waals surface area contributed by atoms with Gasteiger partial charge in [0.2, 0.25) is 5.85 Å². The van der Waals surface area contributed by atoms with Crippen LogP contribution < -0.4 is 5.32 Å². The first-order chi connectivity index (χ1) is 22.6. The van der Waals surface area contributed by atoms with E-state index in [1.165, 1.54) is 0 Å². The normalized spacial score (nSPS) is 23.6. The summed E-state index contributed by atoms with van der Waals surface area (Å²) >= 11 is 13.6. The SMILES string of the molecule is CO[C@@H]1CCN(C(O[C@H]2CC[C@H](C(=O)O)CC2)(C(=O)Cc2cc(Cl)c(NC(=O)c3cn(C)c4ccccc34)cc2Cl)N2CCCC2)C1. The summed E-state index contributed by atoms with van der Waals surface area (Å²) < 4.78 is 14.5. The minimum absolute atomic E-state index is 0.0289. The third-order valence-electron chi connectivity index (χ3n) is 10.0. The number of methoxy groups -OCH3 is 1. The number of Topliss-reactive ketones (excluding diaryl/α,β-unsaturated/α-hetero) is 1. The first-order valence-electron chi connectivity index (χ1n) is 16.4. The van der Waals surface area contributed by atoms with Crippen molar-refractivity contribution in [2.75, 3.05) is 38.6 Å². The number of halogens is 2. The average molecular weight is 686 g/mol. The number of benzene rings is 2. The van der Waals surface area contributed by atoms with E-state index in [4.69, 9.17) is 32.7 Å². The van der Waals surface area contributed by atoms with Crippen molar-refractivity contribution in [2.24, 2.45) is 13.0 Å². The van der Waals surface area contributed by atoms with E-state index in [0.29, 0.717) is 73.7 Å². The Morgan fingerprint density at radius 1 is 0.957 bits per heavy atom. The number of aryl methyl sites for hydroxylation is 1. The molecule has 1 aliphatic carbocycles. The van der Waals surface area contributed by atoms with Crippen LogP contribution in [0.4, 0.5) is 5.69 Å². The highest BCUT2D eigenvalue weighted by Gasteiger charge is 2.54. The molecule has 3 aliphatic rings. The lowest BCUT2D eigenvalue weighted by Gasteiger charge is -2.48. The largest absolute Gasteiger partial charge is 0.481 e. The maximum absolute atomic E-state index is 14.8. The number of rotatable bonds is 11. The Labute approximate surface area is 284 Å². The third-order valence-corrected chi connectivity index (χ3v) is 10.7. The van der Waals surface area contributed by atoms with Gasteiger partial charge in [0.25, 0.3) is 5.91 Å². The van der Waals surface area contributed by atoms with Crippen LogP contribution in [0.25, 0.3) is 10.9 Å². The van der Waals surface area contributed by atoms with Gasteiger partial charge in [-0.25, -0.2) is 0 Å². The van der Waals surface area contributed by atoms with E-state index in [9.17, 15) is 19.5 Å². The smallest absolute Gasteiger partial charge is 0.306 e. The van der Waals surface area contributed by atoms with E-state index in [1.54, 1.807) is 25.4 Å². The Balaban J connectivity index is 1.27. The molecular weight excluding hydrogens is 643 g/mol. The predicted octanol–water partition coefficient (Wildman–Crippen LogP) is 5.98. The van der Waals surface area contributed by atoms with Crippen molar-refractivity contribution in [2.45, 2.75) is 69.4 Å². The second-order valence-electron chi connectivity index (χ2n) is 13.0. The second kappa shape index (κ2) is 14.2. The first kappa shape index (κ1) is 33.9. The molecule has 47 heavy (non-hydrogen) atoms. The minimum Gasteiger partial charge on any atom is -0.481 e. The fourth-order valence-electron chi connectivity index (χ4n) is 7.46. The van der Waals surface area contributed by atoms with E-state index in [0.717, 1.165) is 30.2 Å². The molecule has 2 saturated heterocycles. The predicted molar refractivity (Wildman–Crippen MR) is 181 cm³/mol. The highest BCUT2D eigenvalue weighted by atomic mass is 35.5. The summed E-state index contributed by atoms with van der Waals surface area (Å²) in [6.45, 7) is 2.58. The molecule has 1 aromatic heterocycles. The highest BCUT2D eigenvalue weighted by Crippen LogP contribution is 2.39. The molecular formula is C35H42Cl2N4O6. The van der Waals surface area contributed by atoms with Crippen LogP contribution in [-0.2, 0) is 32.5 Å². The molecule has 2 aromatic carbocycles. The number of ether oxygens (including phenoxy) is 2. The molecule has 1 amide bonds. The van der Waals surface area contributed by atoms with Crippen LogP contribution in [-0.4, -0.2) is 88.5 Å². The molecule has 2 aliphatic heterocycles. The van der Waals surface area contributed by atoms with Crippen molar-refractivity contribution in [1.82, 2.24) is 14.4 Å². The first-order valence-corrected chi connectivity index (χ1v) is 17.2. The van der Waals surface area contributed by atoms with Crippen LogP contribution in [0.5, 0.6) is 0 Å². The lowest BCUT2D eigenvalue weighted by molar-refractivity contribution is -0.253. The van der Waals surface area contributed by atoms with Gasteiger partial charge in [0.15, 0.2) is 5.78 Å². The number of hydrogen-bond acceptors (Lipinski definition) is 7. The van der Waals surface area contributed by atoms with Crippen molar-refractivity contribution in [1.29, 1.82) is 0 Å². The van der Waals surface area contributed by atoms with Gasteiger partial charge < -0.3 is 24.5 Å². The summed E-state index contributed by atoms with van der Waals surface area (Å²) in [5.74, 6) is -2.99. The Morgan fingerprint density at radius 3 is 2.36 bits per heavy atom. The molecule has 0 bridgehead atoms. The fourth-order valence-corrected chi connectivity index (χ4v) is 7.93. The summed E-state index contributed by atoms with van der Waals surface area (Å²) in [6, 6.07) is 10.9. The number of nitrogens with zero attached hydrogens (tertiary/aromatic N) is 3. The zero-order chi connectivity index (χ0) is 33.3. The number of carbonyl (C=O) groups is 3. The number of nitrogens with one attached hydrogen (secondary N) is 1. The zero-order valence-electron chi connectivity index (χ0n) is 26.8. The highest BCUT2D eigenvalue weighted by molar-refractivity contribution is 6.36. The number of amides is 1. The van der Waals surface area contributed by atoms with E-state index in [1.807, 2.05) is 35.9 Å². The summed E-state index contributed by atoms with van der Waals surface area (Å²) in [4.78, 5) is 44.0. The molecule has 3 fully saturated rings. The maximum atomic E-state index is 14.8. The number of carbonyl (C=O) groups excluding carboxylic acids is 2. The van der Waals surface area contributed by atoms with E-state index in [2.05, 4.69) is 15.1 Å². The molecule has 12 heteroatoms. The van der Waals surface area contributed by atoms with Crippen molar-refractivity contribution in [3.63, 3.8) is 0 Å². The van der Waals surface area contributed by atoms with Crippen LogP contribution in [0.2, 0.25) is 10.0 Å². The molecule has 6 rings (SSSR count). The van der Waals surface area contributed by atoms with Gasteiger partial charge in [-0.05, 0) is 68.7 Å². The Bertz CT molecular complexity index is 1650. The lowest BCUT2D eigenvalue weighted by atomic mass is 9.87. The quantitative estimate of drug-likeness (QED) is 0.254. The molecule has 252 valence electrons. The van der Waals surface area contributed by atoms with Gasteiger partial charge in [-0.1, -0.05) is 41.4 Å². The minimum atomic E-state index is -1.35. The number of ketones is 1. The molecule has 1 saturated carbocycles. The number of para-hydroxylation sites is 1. The third kappa shape index (κ3) is 6.82. The van der Waals surface area contributed by atoms with Gasteiger partial charge in [0.05, 0.1) is 34.4 Å². The topological polar surface area (TPSA) is 113 Å². The van der Waals surface area contributed by atoms with Crippen LogP contribution in [0, 0.1) is 5.92 Å². The van der Waals surface area contributed by atoms with E-state index in [-0.39, 0.29) is 35.3 Å². The van der Waals surface area contributed by atoms with Crippen molar-refractivity contribution in [3.05, 3.63) is 63.8 Å². The number of aromatic nitrogens is 1. The molecule has 3 heterocycles. The number of fused-ring (bicyclic) bond motifs is 1. The van der Waals surface area contributed by atoms with Crippen LogP contribution in [0.1, 0.15) is 60.9 Å². The summed E-state index contributed by atoms with van der Waals surface area (Å²) in [6.07, 6.45) is 6.28. The van der Waals surface area contributed by atoms with E-state index >= 15 is 0 Å². The van der Waals surface area contributed by atoms with Gasteiger partial charge >= 0.3 is 5.97 Å². The fraction of sp³-hybridized carbons (Fsp3) is 0.514. The van der Waals surface area contributed by atoms with Gasteiger partial charge in [-0.15, -0.1) is 0 Å². The Kier molecular flexibility index (Phi) is 10.3. The maximum Gasteiger partial charge on any atom is 0.306 e. The van der Waals surface area contributed by atoms with Crippen molar-refractivity contribution >= 4 is 57.5 Å². The Hall–Kier alpha value is -2.99. The Morgan fingerprint density at radius 2 is 1.68 bits per heavy atom. The molecule has 1 unspecified atom stereocenters. The van der Waals surface area contributed by atoms with Crippen molar-refractivity contribution < 1.29 is 29.0 Å². The molecule has 2 N–H and O–H groups in total. The monoisotopic (exact) mass is 684 g/mol. The number of aliphatic carboxylic acids is 1. The van der Waals surface area contributed by atoms with Crippen LogP contribution >= 0.6 is 23.2 Å². The van der Waals surface area contributed by atoms with Gasteiger partial charge in [0, 0.05) is 68.9 Å². The average Bonchev–Trinajstić information content (AvgIpc) is 3.84. The number of carboxylic acids is 1. The summed E-state index contributed by atoms with van der Waals surface area (Å²) in [5, 5.41) is 13.9. The summed E-state index contributed by atoms with van der Waals surface area (Å²) in [5.41, 5.74) is 2.34. The van der Waals surface area contributed by atoms with E-state index < -0.39 is 17.7 Å². The molecule has 0 radical (unpaired) electrons. The second-order valence-corrected chi connectivity index (χ2v) is 13.8. The number of hydrogen-bond donors (Lipinski definition) is 2. The zero-order valence-corrected chi connectivity index (χ0v) is 28.4. The van der Waals surface area contributed by atoms with Crippen molar-refractivity contribution in [3.8, 4) is 0 Å². The molecule has 0 spiro atoms. The summed E-state index contributed by atoms with van der Waals surface area (Å²) in [7, 11) is 3.57. The van der Waals surface area contributed by atoms with Gasteiger partial charge in [-0.2, -0.15) is 0 Å². The van der Waals surface area contributed by atoms with Crippen LogP contribution in [0.3, 0.4) is 0 Å². The molecule has 10 nitrogen and oxygen atoms in total. The molecule has 3 aromatic rings. The van der Waals surface area contributed by atoms with Gasteiger partial charge in [0.1, 0.15) is 0 Å². The van der Waals surface area contributed by atoms with Crippen LogP contribution in [0.15, 0.2) is 42.6 Å². The van der Waals surface area contributed by atoms with Gasteiger partial charge in [-0.3, -0.25) is 24.2 Å².